The molecule has 0 radical (unpaired) electrons. The van der Waals surface area contributed by atoms with Gasteiger partial charge in [-0.15, -0.1) is 21.5 Å². The van der Waals surface area contributed by atoms with Crippen molar-refractivity contribution in [2.24, 2.45) is 0 Å². The molecule has 0 aliphatic heterocycles. The molecule has 0 aliphatic rings. The molecule has 2 aromatic heterocycles. The zero-order valence-corrected chi connectivity index (χ0v) is 14.3. The van der Waals surface area contributed by atoms with Gasteiger partial charge in [0.2, 0.25) is 5.91 Å². The summed E-state index contributed by atoms with van der Waals surface area (Å²) in [5, 5.41) is 13.2. The minimum absolute atomic E-state index is 0.0976. The molecule has 0 aliphatic carbocycles. The van der Waals surface area contributed by atoms with Crippen LogP contribution in [-0.4, -0.2) is 21.9 Å². The SMILES string of the molecule is Cc1ccc(C)c(NC(=O)CSc2nnc(-c3cccs3)o2)c1. The highest BCUT2D eigenvalue weighted by molar-refractivity contribution is 7.99. The Labute approximate surface area is 142 Å². The Bertz CT molecular complexity index is 813. The first-order valence-corrected chi connectivity index (χ1v) is 8.85. The van der Waals surface area contributed by atoms with Crippen LogP contribution in [0.5, 0.6) is 0 Å². The molecule has 5 nitrogen and oxygen atoms in total. The Morgan fingerprint density at radius 1 is 1.30 bits per heavy atom. The van der Waals surface area contributed by atoms with Gasteiger partial charge >= 0.3 is 0 Å². The van der Waals surface area contributed by atoms with E-state index in [-0.39, 0.29) is 11.7 Å². The van der Waals surface area contributed by atoms with Gasteiger partial charge in [-0.25, -0.2) is 0 Å². The second-order valence-corrected chi connectivity index (χ2v) is 6.88. The summed E-state index contributed by atoms with van der Waals surface area (Å²) in [7, 11) is 0. The van der Waals surface area contributed by atoms with Crippen molar-refractivity contribution < 1.29 is 9.21 Å². The van der Waals surface area contributed by atoms with Crippen LogP contribution >= 0.6 is 23.1 Å². The van der Waals surface area contributed by atoms with E-state index in [4.69, 9.17) is 4.42 Å². The number of nitrogens with one attached hydrogen (secondary N) is 1. The fourth-order valence-corrected chi connectivity index (χ4v) is 3.16. The monoisotopic (exact) mass is 345 g/mol. The summed E-state index contributed by atoms with van der Waals surface area (Å²) in [6.07, 6.45) is 0. The number of carbonyl (C=O) groups is 1. The molecular formula is C16H15N3O2S2. The van der Waals surface area contributed by atoms with Crippen molar-refractivity contribution >= 4 is 34.7 Å². The highest BCUT2D eigenvalue weighted by Gasteiger charge is 2.12. The maximum Gasteiger partial charge on any atom is 0.277 e. The van der Waals surface area contributed by atoms with Gasteiger partial charge in [-0.3, -0.25) is 4.79 Å². The molecule has 1 aromatic carbocycles. The van der Waals surface area contributed by atoms with E-state index in [1.54, 1.807) is 0 Å². The topological polar surface area (TPSA) is 68.0 Å². The summed E-state index contributed by atoms with van der Waals surface area (Å²) < 4.78 is 5.54. The van der Waals surface area contributed by atoms with Gasteiger partial charge in [-0.05, 0) is 42.5 Å². The van der Waals surface area contributed by atoms with Crippen LogP contribution in [0.1, 0.15) is 11.1 Å². The quantitative estimate of drug-likeness (QED) is 0.704. The van der Waals surface area contributed by atoms with E-state index in [1.165, 1.54) is 23.1 Å². The van der Waals surface area contributed by atoms with Gasteiger partial charge in [0.1, 0.15) is 0 Å². The Kier molecular flexibility index (Phi) is 4.78. The first kappa shape index (κ1) is 15.8. The van der Waals surface area contributed by atoms with Gasteiger partial charge in [0.15, 0.2) is 0 Å². The van der Waals surface area contributed by atoms with Crippen molar-refractivity contribution in [3.8, 4) is 10.8 Å². The lowest BCUT2D eigenvalue weighted by molar-refractivity contribution is -0.113. The van der Waals surface area contributed by atoms with Crippen LogP contribution < -0.4 is 5.32 Å². The zero-order valence-electron chi connectivity index (χ0n) is 12.7. The molecule has 0 spiro atoms. The number of rotatable bonds is 5. The van der Waals surface area contributed by atoms with Gasteiger partial charge in [-0.1, -0.05) is 30.0 Å². The van der Waals surface area contributed by atoms with Crippen molar-refractivity contribution in [3.63, 3.8) is 0 Å². The fourth-order valence-electron chi connectivity index (χ4n) is 1.95. The summed E-state index contributed by atoms with van der Waals surface area (Å²) >= 11 is 2.76. The third-order valence-electron chi connectivity index (χ3n) is 3.13. The maximum absolute atomic E-state index is 12.1. The number of benzene rings is 1. The molecule has 118 valence electrons. The number of carbonyl (C=O) groups excluding carboxylic acids is 1. The summed E-state index contributed by atoms with van der Waals surface area (Å²) in [5.41, 5.74) is 2.98. The molecule has 3 aromatic rings. The van der Waals surface area contributed by atoms with E-state index in [2.05, 4.69) is 15.5 Å². The summed E-state index contributed by atoms with van der Waals surface area (Å²) in [6.45, 7) is 3.96. The number of anilines is 1. The zero-order chi connectivity index (χ0) is 16.2. The predicted octanol–water partition coefficient (Wildman–Crippen LogP) is 4.15. The molecule has 1 N–H and O–H groups in total. The number of aromatic nitrogens is 2. The number of amides is 1. The van der Waals surface area contributed by atoms with Crippen LogP contribution in [-0.2, 0) is 4.79 Å². The Morgan fingerprint density at radius 2 is 2.17 bits per heavy atom. The molecule has 3 rings (SSSR count). The lowest BCUT2D eigenvalue weighted by atomic mass is 10.1. The molecular weight excluding hydrogens is 330 g/mol. The highest BCUT2D eigenvalue weighted by atomic mass is 32.2. The molecule has 23 heavy (non-hydrogen) atoms. The standard InChI is InChI=1S/C16H15N3O2S2/c1-10-5-6-11(2)12(8-10)17-14(20)9-23-16-19-18-15(21-16)13-4-3-7-22-13/h3-8H,9H2,1-2H3,(H,17,20). The lowest BCUT2D eigenvalue weighted by Gasteiger charge is -2.08. The number of thiophene rings is 1. The van der Waals surface area contributed by atoms with Crippen LogP contribution in [0.25, 0.3) is 10.8 Å². The van der Waals surface area contributed by atoms with Gasteiger partial charge in [0, 0.05) is 5.69 Å². The summed E-state index contributed by atoms with van der Waals surface area (Å²) in [4.78, 5) is 13.0. The molecule has 0 saturated carbocycles. The van der Waals surface area contributed by atoms with Crippen LogP contribution in [0.3, 0.4) is 0 Å². The number of thioether (sulfide) groups is 1. The van der Waals surface area contributed by atoms with Gasteiger partial charge in [-0.2, -0.15) is 0 Å². The number of aryl methyl sites for hydroxylation is 2. The van der Waals surface area contributed by atoms with Crippen molar-refractivity contribution in [1.82, 2.24) is 10.2 Å². The average Bonchev–Trinajstić information content (AvgIpc) is 3.19. The van der Waals surface area contributed by atoms with E-state index in [1.807, 2.05) is 49.6 Å². The van der Waals surface area contributed by atoms with Crippen LogP contribution in [0.4, 0.5) is 5.69 Å². The molecule has 1 amide bonds. The van der Waals surface area contributed by atoms with Crippen LogP contribution in [0.15, 0.2) is 45.4 Å². The van der Waals surface area contributed by atoms with E-state index in [0.29, 0.717) is 11.1 Å². The minimum Gasteiger partial charge on any atom is -0.410 e. The molecule has 7 heteroatoms. The Hall–Kier alpha value is -2.12. The van der Waals surface area contributed by atoms with E-state index < -0.39 is 0 Å². The second-order valence-electron chi connectivity index (χ2n) is 5.01. The Morgan fingerprint density at radius 3 is 2.96 bits per heavy atom. The Balaban J connectivity index is 1.58. The molecule has 0 unspecified atom stereocenters. The van der Waals surface area contributed by atoms with Crippen molar-refractivity contribution in [2.45, 2.75) is 19.1 Å². The number of hydrogen-bond donors (Lipinski definition) is 1. The van der Waals surface area contributed by atoms with Gasteiger partial charge < -0.3 is 9.73 Å². The third-order valence-corrected chi connectivity index (χ3v) is 4.81. The van der Waals surface area contributed by atoms with Crippen molar-refractivity contribution in [2.75, 3.05) is 11.1 Å². The first-order chi connectivity index (χ1) is 11.1. The van der Waals surface area contributed by atoms with E-state index in [0.717, 1.165) is 21.7 Å². The average molecular weight is 345 g/mol. The maximum atomic E-state index is 12.1. The minimum atomic E-state index is -0.0976. The van der Waals surface area contributed by atoms with Crippen LogP contribution in [0, 0.1) is 13.8 Å². The lowest BCUT2D eigenvalue weighted by Crippen LogP contribution is -2.14. The third kappa shape index (κ3) is 4.00. The normalized spacial score (nSPS) is 10.7. The highest BCUT2D eigenvalue weighted by Crippen LogP contribution is 2.26. The predicted molar refractivity (Wildman–Crippen MR) is 92.9 cm³/mol. The van der Waals surface area contributed by atoms with Gasteiger partial charge in [0.25, 0.3) is 11.1 Å². The molecule has 2 heterocycles. The first-order valence-electron chi connectivity index (χ1n) is 6.99. The smallest absolute Gasteiger partial charge is 0.277 e. The van der Waals surface area contributed by atoms with E-state index in [9.17, 15) is 4.79 Å². The summed E-state index contributed by atoms with van der Waals surface area (Å²) in [6, 6.07) is 9.81. The fraction of sp³-hybridized carbons (Fsp3) is 0.188. The van der Waals surface area contributed by atoms with E-state index >= 15 is 0 Å². The van der Waals surface area contributed by atoms with Crippen LogP contribution in [0.2, 0.25) is 0 Å². The largest absolute Gasteiger partial charge is 0.410 e. The number of nitrogens with zero attached hydrogens (tertiary/aromatic N) is 2. The molecule has 0 atom stereocenters. The van der Waals surface area contributed by atoms with Crippen molar-refractivity contribution in [3.05, 3.63) is 46.8 Å². The molecule has 0 fully saturated rings. The molecule has 0 bridgehead atoms. The van der Waals surface area contributed by atoms with Crippen molar-refractivity contribution in [1.29, 1.82) is 0 Å². The second kappa shape index (κ2) is 6.97. The molecule has 0 saturated heterocycles. The van der Waals surface area contributed by atoms with Gasteiger partial charge in [0.05, 0.1) is 10.6 Å². The summed E-state index contributed by atoms with van der Waals surface area (Å²) in [5.74, 6) is 0.608. The number of hydrogen-bond acceptors (Lipinski definition) is 6.